The molecule has 0 saturated carbocycles. The number of rotatable bonds is 53. The minimum Gasteiger partial charge on any atom is -0.340 e. The molecule has 2 heteroatoms. The van der Waals surface area contributed by atoms with E-state index in [0.717, 1.165) is 31.2 Å². The van der Waals surface area contributed by atoms with Crippen molar-refractivity contribution in [3.8, 4) is 0 Å². The number of hydrogen-bond donors (Lipinski definition) is 0. The van der Waals surface area contributed by atoms with E-state index < -0.39 is 0 Å². The highest BCUT2D eigenvalue weighted by Crippen LogP contribution is 2.28. The van der Waals surface area contributed by atoms with E-state index in [2.05, 4.69) is 59.6 Å². The highest BCUT2D eigenvalue weighted by atomic mass is 16.2. The van der Waals surface area contributed by atoms with Gasteiger partial charge in [-0.05, 0) is 88.9 Å². The van der Waals surface area contributed by atoms with Gasteiger partial charge in [0.05, 0.1) is 0 Å². The van der Waals surface area contributed by atoms with Crippen LogP contribution in [0.1, 0.15) is 343 Å². The first-order valence-electron chi connectivity index (χ1n) is 30.0. The van der Waals surface area contributed by atoms with E-state index >= 15 is 0 Å². The second-order valence-corrected chi connectivity index (χ2v) is 21.4. The topological polar surface area (TPSA) is 20.3 Å². The zero-order valence-corrected chi connectivity index (χ0v) is 45.4. The van der Waals surface area contributed by atoms with Gasteiger partial charge in [-0.25, -0.2) is 0 Å². The van der Waals surface area contributed by atoms with Crippen molar-refractivity contribution >= 4 is 5.91 Å². The third-order valence-electron chi connectivity index (χ3n) is 15.1. The summed E-state index contributed by atoms with van der Waals surface area (Å²) in [7, 11) is 0. The molecule has 1 amide bonds. The van der Waals surface area contributed by atoms with Gasteiger partial charge in [0.15, 0.2) is 0 Å². The molecule has 0 bridgehead atoms. The Morgan fingerprint density at radius 1 is 0.312 bits per heavy atom. The van der Waals surface area contributed by atoms with Crippen molar-refractivity contribution in [3.63, 3.8) is 0 Å². The molecule has 0 aliphatic carbocycles. The van der Waals surface area contributed by atoms with Crippen LogP contribution in [-0.4, -0.2) is 23.4 Å². The van der Waals surface area contributed by atoms with Gasteiger partial charge in [0.1, 0.15) is 0 Å². The fourth-order valence-corrected chi connectivity index (χ4v) is 10.4. The molecule has 0 spiro atoms. The Bertz CT molecular complexity index is 927. The summed E-state index contributed by atoms with van der Waals surface area (Å²) in [5, 5.41) is 0. The second-order valence-electron chi connectivity index (χ2n) is 21.4. The van der Waals surface area contributed by atoms with Crippen LogP contribution in [0.5, 0.6) is 0 Å². The van der Waals surface area contributed by atoms with Gasteiger partial charge in [-0.1, -0.05) is 284 Å². The lowest BCUT2D eigenvalue weighted by Gasteiger charge is -2.33. The first-order valence-corrected chi connectivity index (χ1v) is 30.0. The molecular formula is C62H121NO. The Balaban J connectivity index is 4.94. The van der Waals surface area contributed by atoms with Gasteiger partial charge in [-0.3, -0.25) is 4.79 Å². The zero-order chi connectivity index (χ0) is 47.0. The molecular weight excluding hydrogens is 775 g/mol. The molecule has 2 unspecified atom stereocenters. The molecule has 0 fully saturated rings. The number of hydrogen-bond acceptors (Lipinski definition) is 1. The molecule has 0 aromatic heterocycles. The lowest BCUT2D eigenvalue weighted by Crippen LogP contribution is -2.41. The van der Waals surface area contributed by atoms with Crippen LogP contribution in [0.3, 0.4) is 0 Å². The summed E-state index contributed by atoms with van der Waals surface area (Å²) < 4.78 is 0. The average Bonchev–Trinajstić information content (AvgIpc) is 3.29. The van der Waals surface area contributed by atoms with Gasteiger partial charge < -0.3 is 4.90 Å². The van der Waals surface area contributed by atoms with Crippen LogP contribution in [-0.2, 0) is 4.79 Å². The third kappa shape index (κ3) is 41.2. The quantitative estimate of drug-likeness (QED) is 0.0440. The standard InChI is InChI=1S/C62H121NO/c1-9-15-21-24-29-34-42-56-63(62(64)51-35-18-12-4)61(49-40-32-27-25-30-36-43-57(7)52-54-59(45-19-13-5)47-38-22-16-10-2)50-41-33-28-26-31-37-44-58(8)53-55-60(46-20-14-6)48-39-23-17-11-3/h59-61H,7-56H2,1-6H3. The molecule has 0 N–H and O–H groups in total. The first-order chi connectivity index (χ1) is 31.4. The Morgan fingerprint density at radius 3 is 1.03 bits per heavy atom. The van der Waals surface area contributed by atoms with Gasteiger partial charge in [-0.2, -0.15) is 0 Å². The van der Waals surface area contributed by atoms with Crippen LogP contribution in [0, 0.1) is 11.8 Å². The second kappa shape index (κ2) is 49.8. The van der Waals surface area contributed by atoms with E-state index in [0.29, 0.717) is 11.9 Å². The molecule has 0 aliphatic heterocycles. The van der Waals surface area contributed by atoms with Crippen LogP contribution in [0.15, 0.2) is 24.3 Å². The minimum atomic E-state index is 0.446. The number of unbranched alkanes of at least 4 members (excludes halogenated alkanes) is 26. The lowest BCUT2D eigenvalue weighted by molar-refractivity contribution is -0.134. The SMILES string of the molecule is C=C(CCCCCCCCC(CCCCCCCCC(=C)CCC(CCCC)CCCCCC)N(CCCCCCCCC)C(=O)CCCCC)CCC(CCCC)CCCCCC. The van der Waals surface area contributed by atoms with Gasteiger partial charge in [-0.15, -0.1) is 0 Å². The van der Waals surface area contributed by atoms with Crippen molar-refractivity contribution < 1.29 is 4.79 Å². The van der Waals surface area contributed by atoms with Crippen molar-refractivity contribution in [2.75, 3.05) is 6.54 Å². The maximum absolute atomic E-state index is 13.9. The molecule has 0 aliphatic rings. The predicted molar refractivity (Wildman–Crippen MR) is 292 cm³/mol. The molecule has 2 atom stereocenters. The minimum absolute atomic E-state index is 0.446. The smallest absolute Gasteiger partial charge is 0.222 e. The first kappa shape index (κ1) is 63.0. The summed E-state index contributed by atoms with van der Waals surface area (Å²) in [6.45, 7) is 24.0. The highest BCUT2D eigenvalue weighted by molar-refractivity contribution is 5.76. The Kier molecular flexibility index (Phi) is 49.0. The lowest BCUT2D eigenvalue weighted by atomic mass is 9.89. The summed E-state index contributed by atoms with van der Waals surface area (Å²) in [6, 6.07) is 0.446. The summed E-state index contributed by atoms with van der Waals surface area (Å²) in [5.74, 6) is 2.31. The molecule has 0 heterocycles. The maximum atomic E-state index is 13.9. The number of amides is 1. The van der Waals surface area contributed by atoms with Crippen molar-refractivity contribution in [1.82, 2.24) is 4.90 Å². The van der Waals surface area contributed by atoms with Crippen LogP contribution >= 0.6 is 0 Å². The van der Waals surface area contributed by atoms with E-state index in [-0.39, 0.29) is 0 Å². The fourth-order valence-electron chi connectivity index (χ4n) is 10.4. The van der Waals surface area contributed by atoms with E-state index in [1.165, 1.54) is 300 Å². The Labute approximate surface area is 406 Å². The number of nitrogens with zero attached hydrogens (tertiary/aromatic N) is 1. The van der Waals surface area contributed by atoms with E-state index in [4.69, 9.17) is 0 Å². The van der Waals surface area contributed by atoms with Gasteiger partial charge in [0.25, 0.3) is 0 Å². The summed E-state index contributed by atoms with van der Waals surface area (Å²) in [5.41, 5.74) is 3.02. The van der Waals surface area contributed by atoms with Crippen LogP contribution in [0.4, 0.5) is 0 Å². The monoisotopic (exact) mass is 896 g/mol. The van der Waals surface area contributed by atoms with Gasteiger partial charge in [0, 0.05) is 19.0 Å². The molecule has 380 valence electrons. The van der Waals surface area contributed by atoms with Gasteiger partial charge in [0.2, 0.25) is 5.91 Å². The highest BCUT2D eigenvalue weighted by Gasteiger charge is 2.23. The summed E-state index contributed by atoms with van der Waals surface area (Å²) >= 11 is 0. The molecule has 64 heavy (non-hydrogen) atoms. The Hall–Kier alpha value is -1.05. The fraction of sp³-hybridized carbons (Fsp3) is 0.919. The van der Waals surface area contributed by atoms with E-state index in [1.54, 1.807) is 0 Å². The zero-order valence-electron chi connectivity index (χ0n) is 45.4. The van der Waals surface area contributed by atoms with Crippen molar-refractivity contribution in [2.24, 2.45) is 11.8 Å². The maximum Gasteiger partial charge on any atom is 0.222 e. The Morgan fingerprint density at radius 2 is 0.609 bits per heavy atom. The molecule has 2 nitrogen and oxygen atoms in total. The summed E-state index contributed by atoms with van der Waals surface area (Å²) in [6.07, 6.45) is 61.9. The van der Waals surface area contributed by atoms with Crippen molar-refractivity contribution in [1.29, 1.82) is 0 Å². The van der Waals surface area contributed by atoms with E-state index in [9.17, 15) is 4.79 Å². The van der Waals surface area contributed by atoms with Crippen molar-refractivity contribution in [3.05, 3.63) is 24.3 Å². The predicted octanol–water partition coefficient (Wildman–Crippen LogP) is 22.0. The molecule has 0 saturated heterocycles. The molecule has 0 aromatic rings. The number of carbonyl (C=O) groups excluding carboxylic acids is 1. The largest absolute Gasteiger partial charge is 0.340 e. The number of carbonyl (C=O) groups is 1. The van der Waals surface area contributed by atoms with Crippen LogP contribution in [0.2, 0.25) is 0 Å². The van der Waals surface area contributed by atoms with Crippen molar-refractivity contribution in [2.45, 2.75) is 349 Å². The number of allylic oxidation sites excluding steroid dienone is 2. The van der Waals surface area contributed by atoms with Gasteiger partial charge >= 0.3 is 0 Å². The van der Waals surface area contributed by atoms with Crippen LogP contribution < -0.4 is 0 Å². The van der Waals surface area contributed by atoms with E-state index in [1.807, 2.05) is 0 Å². The average molecular weight is 897 g/mol. The third-order valence-corrected chi connectivity index (χ3v) is 15.1. The molecule has 0 radical (unpaired) electrons. The normalized spacial score (nSPS) is 13.0. The molecule has 0 rings (SSSR count). The summed E-state index contributed by atoms with van der Waals surface area (Å²) in [4.78, 5) is 16.3. The van der Waals surface area contributed by atoms with Crippen LogP contribution in [0.25, 0.3) is 0 Å². The molecule has 0 aromatic carbocycles.